The molecule has 0 aliphatic heterocycles. The fraction of sp³-hybridized carbons (Fsp3) is 0.355. The highest BCUT2D eigenvalue weighted by molar-refractivity contribution is 7.92. The van der Waals surface area contributed by atoms with Crippen LogP contribution >= 0.6 is 0 Å². The van der Waals surface area contributed by atoms with Crippen LogP contribution in [0.3, 0.4) is 0 Å². The Morgan fingerprint density at radius 2 is 1.52 bits per heavy atom. The van der Waals surface area contributed by atoms with Gasteiger partial charge in [0.15, 0.2) is 0 Å². The molecule has 0 aliphatic rings. The van der Waals surface area contributed by atoms with Crippen molar-refractivity contribution in [2.24, 2.45) is 0 Å². The Morgan fingerprint density at radius 3 is 2.10 bits per heavy atom. The molecule has 1 N–H and O–H groups in total. The number of amides is 2. The zero-order chi connectivity index (χ0) is 29.7. The first-order chi connectivity index (χ1) is 18.7. The smallest absolute Gasteiger partial charge is 0.264 e. The number of hydrogen-bond donors (Lipinski definition) is 1. The van der Waals surface area contributed by atoms with Gasteiger partial charge in [0.25, 0.3) is 10.0 Å². The SMILES string of the molecule is CC[C@H](C(=O)NC(C)(C)C)N(Cc1ccccc1C)C(=O)CN(c1ccccc1F)S(=O)(=O)c1ccc(C)cc1. The number of benzene rings is 3. The topological polar surface area (TPSA) is 86.8 Å². The number of aryl methyl sites for hydroxylation is 2. The average Bonchev–Trinajstić information content (AvgIpc) is 2.88. The van der Waals surface area contributed by atoms with E-state index in [4.69, 9.17) is 0 Å². The summed E-state index contributed by atoms with van der Waals surface area (Å²) in [6.45, 7) is 10.5. The summed E-state index contributed by atoms with van der Waals surface area (Å²) >= 11 is 0. The number of halogens is 1. The summed E-state index contributed by atoms with van der Waals surface area (Å²) in [7, 11) is -4.34. The molecule has 7 nitrogen and oxygen atoms in total. The number of anilines is 1. The van der Waals surface area contributed by atoms with Gasteiger partial charge in [0.05, 0.1) is 10.6 Å². The van der Waals surface area contributed by atoms with Gasteiger partial charge in [0.1, 0.15) is 18.4 Å². The molecular formula is C31H38FN3O4S. The highest BCUT2D eigenvalue weighted by Crippen LogP contribution is 2.27. The van der Waals surface area contributed by atoms with Crippen LogP contribution in [-0.2, 0) is 26.2 Å². The molecule has 3 aromatic rings. The second-order valence-electron chi connectivity index (χ2n) is 10.9. The molecule has 0 unspecified atom stereocenters. The summed E-state index contributed by atoms with van der Waals surface area (Å²) in [5, 5.41) is 2.94. The summed E-state index contributed by atoms with van der Waals surface area (Å²) in [5.41, 5.74) is 1.80. The number of para-hydroxylation sites is 1. The van der Waals surface area contributed by atoms with Crippen LogP contribution in [0.5, 0.6) is 0 Å². The third kappa shape index (κ3) is 7.47. The van der Waals surface area contributed by atoms with Crippen LogP contribution in [0.4, 0.5) is 10.1 Å². The zero-order valence-electron chi connectivity index (χ0n) is 23.9. The molecule has 9 heteroatoms. The highest BCUT2D eigenvalue weighted by atomic mass is 32.2. The van der Waals surface area contributed by atoms with Gasteiger partial charge < -0.3 is 10.2 Å². The molecule has 0 saturated heterocycles. The molecule has 3 aromatic carbocycles. The first-order valence-corrected chi connectivity index (χ1v) is 14.7. The van der Waals surface area contributed by atoms with Crippen molar-refractivity contribution in [3.8, 4) is 0 Å². The molecule has 0 bridgehead atoms. The molecule has 0 radical (unpaired) electrons. The number of nitrogens with zero attached hydrogens (tertiary/aromatic N) is 2. The van der Waals surface area contributed by atoms with E-state index in [2.05, 4.69) is 5.32 Å². The van der Waals surface area contributed by atoms with Crippen molar-refractivity contribution in [1.29, 1.82) is 0 Å². The van der Waals surface area contributed by atoms with E-state index >= 15 is 4.39 Å². The van der Waals surface area contributed by atoms with Crippen LogP contribution in [0.25, 0.3) is 0 Å². The first-order valence-electron chi connectivity index (χ1n) is 13.2. The molecule has 0 saturated carbocycles. The summed E-state index contributed by atoms with van der Waals surface area (Å²) in [6, 6.07) is 18.2. The molecule has 0 fully saturated rings. The second-order valence-corrected chi connectivity index (χ2v) is 12.7. The lowest BCUT2D eigenvalue weighted by Gasteiger charge is -2.35. The van der Waals surface area contributed by atoms with E-state index in [0.29, 0.717) is 6.42 Å². The van der Waals surface area contributed by atoms with E-state index in [9.17, 15) is 18.0 Å². The third-order valence-electron chi connectivity index (χ3n) is 6.50. The monoisotopic (exact) mass is 567 g/mol. The van der Waals surface area contributed by atoms with Gasteiger partial charge in [-0.1, -0.05) is 61.0 Å². The number of nitrogens with one attached hydrogen (secondary N) is 1. The summed E-state index contributed by atoms with van der Waals surface area (Å²) in [6.07, 6.45) is 0.296. The molecule has 0 aliphatic carbocycles. The van der Waals surface area contributed by atoms with Crippen molar-refractivity contribution in [1.82, 2.24) is 10.2 Å². The Kier molecular flexibility index (Phi) is 9.73. The Labute approximate surface area is 237 Å². The molecule has 0 spiro atoms. The Bertz CT molecular complexity index is 1450. The number of rotatable bonds is 10. The standard InChI is InChI=1S/C31H38FN3O4S/c1-7-27(30(37)33-31(4,5)6)34(20-24-13-9-8-12-23(24)3)29(36)21-35(28-15-11-10-14-26(28)32)40(38,39)25-18-16-22(2)17-19-25/h8-19,27H,7,20-21H2,1-6H3,(H,33,37)/t27-/m1/s1. The van der Waals surface area contributed by atoms with Gasteiger partial charge in [0.2, 0.25) is 11.8 Å². The van der Waals surface area contributed by atoms with Crippen molar-refractivity contribution < 1.29 is 22.4 Å². The third-order valence-corrected chi connectivity index (χ3v) is 8.27. The van der Waals surface area contributed by atoms with Gasteiger partial charge in [-0.3, -0.25) is 13.9 Å². The van der Waals surface area contributed by atoms with Crippen molar-refractivity contribution in [2.45, 2.75) is 71.0 Å². The van der Waals surface area contributed by atoms with E-state index in [1.807, 2.05) is 58.9 Å². The van der Waals surface area contributed by atoms with Crippen LogP contribution in [-0.4, -0.2) is 43.3 Å². The van der Waals surface area contributed by atoms with E-state index in [1.54, 1.807) is 19.1 Å². The minimum Gasteiger partial charge on any atom is -0.350 e. The van der Waals surface area contributed by atoms with Crippen molar-refractivity contribution in [2.75, 3.05) is 10.8 Å². The zero-order valence-corrected chi connectivity index (χ0v) is 24.8. The maximum atomic E-state index is 15.0. The average molecular weight is 568 g/mol. The lowest BCUT2D eigenvalue weighted by Crippen LogP contribution is -2.55. The Balaban J connectivity index is 2.10. The van der Waals surface area contributed by atoms with Gasteiger partial charge >= 0.3 is 0 Å². The summed E-state index contributed by atoms with van der Waals surface area (Å²) < 4.78 is 43.5. The number of sulfonamides is 1. The second kappa shape index (κ2) is 12.6. The fourth-order valence-electron chi connectivity index (χ4n) is 4.35. The molecule has 3 rings (SSSR count). The predicted molar refractivity (Wildman–Crippen MR) is 156 cm³/mol. The Hall–Kier alpha value is -3.72. The molecule has 0 aromatic heterocycles. The maximum Gasteiger partial charge on any atom is 0.264 e. The largest absolute Gasteiger partial charge is 0.350 e. The lowest BCUT2D eigenvalue weighted by molar-refractivity contribution is -0.141. The number of carbonyl (C=O) groups excluding carboxylic acids is 2. The molecule has 2 amide bonds. The van der Waals surface area contributed by atoms with Crippen LogP contribution in [0.2, 0.25) is 0 Å². The van der Waals surface area contributed by atoms with Crippen molar-refractivity contribution >= 4 is 27.5 Å². The van der Waals surface area contributed by atoms with E-state index < -0.39 is 39.9 Å². The van der Waals surface area contributed by atoms with E-state index in [-0.39, 0.29) is 23.0 Å². The van der Waals surface area contributed by atoms with Gasteiger partial charge in [-0.25, -0.2) is 12.8 Å². The molecule has 214 valence electrons. The van der Waals surface area contributed by atoms with Crippen molar-refractivity contribution in [3.63, 3.8) is 0 Å². The van der Waals surface area contributed by atoms with Crippen molar-refractivity contribution in [3.05, 3.63) is 95.3 Å². The van der Waals surface area contributed by atoms with Crippen LogP contribution in [0, 0.1) is 19.7 Å². The fourth-order valence-corrected chi connectivity index (χ4v) is 5.77. The van der Waals surface area contributed by atoms with Gasteiger partial charge in [0, 0.05) is 12.1 Å². The predicted octanol–water partition coefficient (Wildman–Crippen LogP) is 5.36. The normalized spacial score (nSPS) is 12.5. The molecule has 0 heterocycles. The lowest BCUT2D eigenvalue weighted by atomic mass is 10.0. The molecule has 40 heavy (non-hydrogen) atoms. The van der Waals surface area contributed by atoms with Gasteiger partial charge in [-0.2, -0.15) is 0 Å². The van der Waals surface area contributed by atoms with E-state index in [0.717, 1.165) is 27.1 Å². The van der Waals surface area contributed by atoms with E-state index in [1.165, 1.54) is 35.2 Å². The Morgan fingerprint density at radius 1 is 0.925 bits per heavy atom. The van der Waals surface area contributed by atoms with Gasteiger partial charge in [-0.05, 0) is 76.4 Å². The quantitative estimate of drug-likeness (QED) is 0.357. The van der Waals surface area contributed by atoms with Crippen LogP contribution in [0.1, 0.15) is 50.8 Å². The summed E-state index contributed by atoms with van der Waals surface area (Å²) in [5.74, 6) is -1.76. The summed E-state index contributed by atoms with van der Waals surface area (Å²) in [4.78, 5) is 28.8. The number of hydrogen-bond acceptors (Lipinski definition) is 4. The highest BCUT2D eigenvalue weighted by Gasteiger charge is 2.35. The minimum absolute atomic E-state index is 0.0721. The number of carbonyl (C=O) groups is 2. The van der Waals surface area contributed by atoms with Crippen LogP contribution in [0.15, 0.2) is 77.7 Å². The molecule has 1 atom stereocenters. The minimum atomic E-state index is -4.34. The first kappa shape index (κ1) is 30.8. The van der Waals surface area contributed by atoms with Gasteiger partial charge in [-0.15, -0.1) is 0 Å². The maximum absolute atomic E-state index is 15.0. The molecular weight excluding hydrogens is 529 g/mol. The van der Waals surface area contributed by atoms with Crippen LogP contribution < -0.4 is 9.62 Å².